The van der Waals surface area contributed by atoms with Gasteiger partial charge in [0, 0.05) is 17.6 Å². The van der Waals surface area contributed by atoms with Gasteiger partial charge >= 0.3 is 6.03 Å². The molecule has 0 bridgehead atoms. The van der Waals surface area contributed by atoms with Crippen molar-refractivity contribution in [1.29, 1.82) is 0 Å². The lowest BCUT2D eigenvalue weighted by molar-refractivity contribution is 0.103. The molecule has 2 amide bonds. The molecule has 0 fully saturated rings. The molecular weight excluding hydrogens is 262 g/mol. The zero-order chi connectivity index (χ0) is 14.3. The van der Waals surface area contributed by atoms with Gasteiger partial charge in [0.05, 0.1) is 17.7 Å². The van der Waals surface area contributed by atoms with Gasteiger partial charge < -0.3 is 15.7 Å². The van der Waals surface area contributed by atoms with Crippen molar-refractivity contribution in [3.63, 3.8) is 0 Å². The molecule has 1 aromatic rings. The van der Waals surface area contributed by atoms with Crippen LogP contribution in [0.1, 0.15) is 36.6 Å². The summed E-state index contributed by atoms with van der Waals surface area (Å²) < 4.78 is 0. The highest BCUT2D eigenvalue weighted by Crippen LogP contribution is 2.12. The molecule has 3 N–H and O–H groups in total. The summed E-state index contributed by atoms with van der Waals surface area (Å²) in [5, 5.41) is 16.3. The summed E-state index contributed by atoms with van der Waals surface area (Å²) in [7, 11) is 0. The Hall–Kier alpha value is -1.14. The molecule has 1 rings (SSSR count). The second-order valence-corrected chi connectivity index (χ2v) is 5.87. The van der Waals surface area contributed by atoms with Gasteiger partial charge in [0.2, 0.25) is 0 Å². The molecule has 19 heavy (non-hydrogen) atoms. The quantitative estimate of drug-likeness (QED) is 0.718. The number of carbonyl (C=O) groups excluding carboxylic acids is 1. The highest BCUT2D eigenvalue weighted by atomic mass is 32.1. The number of nitrogens with zero attached hydrogens (tertiary/aromatic N) is 1. The minimum absolute atomic E-state index is 0.240. The van der Waals surface area contributed by atoms with Gasteiger partial charge in [0.1, 0.15) is 0 Å². The average molecular weight is 285 g/mol. The molecule has 1 atom stereocenters. The molecule has 1 aromatic heterocycles. The number of carbonyl (C=O) groups is 1. The molecule has 108 valence electrons. The van der Waals surface area contributed by atoms with E-state index < -0.39 is 6.10 Å². The molecule has 0 aliphatic heterocycles. The van der Waals surface area contributed by atoms with E-state index in [9.17, 15) is 9.90 Å². The van der Waals surface area contributed by atoms with Gasteiger partial charge in [-0.15, -0.1) is 11.3 Å². The monoisotopic (exact) mass is 285 g/mol. The highest BCUT2D eigenvalue weighted by molar-refractivity contribution is 7.11. The van der Waals surface area contributed by atoms with Gasteiger partial charge in [0.25, 0.3) is 0 Å². The fourth-order valence-corrected chi connectivity index (χ4v) is 2.65. The molecule has 0 radical (unpaired) electrons. The van der Waals surface area contributed by atoms with E-state index in [-0.39, 0.29) is 11.9 Å². The molecule has 0 aromatic carbocycles. The Morgan fingerprint density at radius 2 is 2.11 bits per heavy atom. The fourth-order valence-electron chi connectivity index (χ4n) is 1.91. The molecule has 5 nitrogen and oxygen atoms in total. The van der Waals surface area contributed by atoms with Crippen molar-refractivity contribution in [1.82, 2.24) is 15.6 Å². The van der Waals surface area contributed by atoms with Gasteiger partial charge in [-0.2, -0.15) is 0 Å². The summed E-state index contributed by atoms with van der Waals surface area (Å²) in [4.78, 5) is 16.7. The maximum Gasteiger partial charge on any atom is 0.315 e. The first-order valence-corrected chi connectivity index (χ1v) is 7.49. The second-order valence-electron chi connectivity index (χ2n) is 4.55. The lowest BCUT2D eigenvalue weighted by atomic mass is 9.97. The van der Waals surface area contributed by atoms with Crippen LogP contribution in [0.15, 0.2) is 6.20 Å². The Kier molecular flexibility index (Phi) is 6.80. The molecule has 1 unspecified atom stereocenters. The van der Waals surface area contributed by atoms with Crippen LogP contribution in [0.25, 0.3) is 0 Å². The minimum atomic E-state index is -0.480. The first-order chi connectivity index (χ1) is 9.06. The molecule has 0 aliphatic rings. The smallest absolute Gasteiger partial charge is 0.315 e. The van der Waals surface area contributed by atoms with Crippen LogP contribution in [0, 0.1) is 12.8 Å². The number of aryl methyl sites for hydroxylation is 1. The van der Waals surface area contributed by atoms with Crippen molar-refractivity contribution in [3.05, 3.63) is 16.1 Å². The number of hydrogen-bond donors (Lipinski definition) is 3. The van der Waals surface area contributed by atoms with Crippen LogP contribution in [0.4, 0.5) is 4.79 Å². The number of nitrogens with one attached hydrogen (secondary N) is 2. The zero-order valence-corrected chi connectivity index (χ0v) is 12.6. The predicted molar refractivity (Wildman–Crippen MR) is 77.2 cm³/mol. The van der Waals surface area contributed by atoms with E-state index in [4.69, 9.17) is 0 Å². The number of thiazole rings is 1. The van der Waals surface area contributed by atoms with Crippen molar-refractivity contribution >= 4 is 17.4 Å². The van der Waals surface area contributed by atoms with Crippen LogP contribution in [0.5, 0.6) is 0 Å². The van der Waals surface area contributed by atoms with E-state index in [1.807, 2.05) is 20.8 Å². The van der Waals surface area contributed by atoms with Crippen LogP contribution in [-0.4, -0.2) is 28.8 Å². The predicted octanol–water partition coefficient (Wildman–Crippen LogP) is 2.05. The number of aliphatic hydroxyl groups is 1. The first kappa shape index (κ1) is 15.9. The number of hydrogen-bond acceptors (Lipinski definition) is 4. The lowest BCUT2D eigenvalue weighted by Crippen LogP contribution is -2.41. The summed E-state index contributed by atoms with van der Waals surface area (Å²) in [6.07, 6.45) is 3.12. The average Bonchev–Trinajstić information content (AvgIpc) is 2.81. The number of aromatic nitrogens is 1. The van der Waals surface area contributed by atoms with E-state index >= 15 is 0 Å². The topological polar surface area (TPSA) is 74.2 Å². The van der Waals surface area contributed by atoms with Crippen molar-refractivity contribution in [3.8, 4) is 0 Å². The number of aliphatic hydroxyl groups excluding tert-OH is 1. The van der Waals surface area contributed by atoms with E-state index in [0.717, 1.165) is 22.7 Å². The molecule has 1 heterocycles. The van der Waals surface area contributed by atoms with Crippen LogP contribution >= 0.6 is 11.3 Å². The third-order valence-electron chi connectivity index (χ3n) is 3.16. The molecular formula is C13H23N3O2S. The van der Waals surface area contributed by atoms with Crippen LogP contribution in [0.2, 0.25) is 0 Å². The van der Waals surface area contributed by atoms with Crippen LogP contribution in [-0.2, 0) is 6.54 Å². The maximum absolute atomic E-state index is 11.6. The van der Waals surface area contributed by atoms with Crippen molar-refractivity contribution in [2.45, 2.75) is 46.3 Å². The minimum Gasteiger partial charge on any atom is -0.391 e. The largest absolute Gasteiger partial charge is 0.391 e. The van der Waals surface area contributed by atoms with Crippen molar-refractivity contribution < 1.29 is 9.90 Å². The van der Waals surface area contributed by atoms with Gasteiger partial charge in [-0.05, 0) is 12.8 Å². The van der Waals surface area contributed by atoms with Gasteiger partial charge in [-0.1, -0.05) is 26.7 Å². The molecule has 6 heteroatoms. The van der Waals surface area contributed by atoms with E-state index in [0.29, 0.717) is 13.1 Å². The SMILES string of the molecule is CCC(CC)C(O)CNC(=O)NCc1cnc(C)s1. The molecule has 0 aliphatic carbocycles. The summed E-state index contributed by atoms with van der Waals surface area (Å²) in [5.41, 5.74) is 0. The molecule has 0 saturated heterocycles. The lowest BCUT2D eigenvalue weighted by Gasteiger charge is -2.20. The van der Waals surface area contributed by atoms with Gasteiger partial charge in [-0.3, -0.25) is 0 Å². The highest BCUT2D eigenvalue weighted by Gasteiger charge is 2.16. The third-order valence-corrected chi connectivity index (χ3v) is 4.07. The van der Waals surface area contributed by atoms with Crippen molar-refractivity contribution in [2.24, 2.45) is 5.92 Å². The Morgan fingerprint density at radius 3 is 2.63 bits per heavy atom. The second kappa shape index (κ2) is 8.12. The fraction of sp³-hybridized carbons (Fsp3) is 0.692. The third kappa shape index (κ3) is 5.57. The Balaban J connectivity index is 2.24. The van der Waals surface area contributed by atoms with E-state index in [1.165, 1.54) is 0 Å². The summed E-state index contributed by atoms with van der Waals surface area (Å²) in [6, 6.07) is -0.254. The maximum atomic E-state index is 11.6. The van der Waals surface area contributed by atoms with Gasteiger partial charge in [0.15, 0.2) is 0 Å². The van der Waals surface area contributed by atoms with E-state index in [1.54, 1.807) is 17.5 Å². The van der Waals surface area contributed by atoms with Gasteiger partial charge in [-0.25, -0.2) is 9.78 Å². The van der Waals surface area contributed by atoms with Crippen molar-refractivity contribution in [2.75, 3.05) is 6.54 Å². The number of rotatable bonds is 7. The Bertz CT molecular complexity index is 391. The Labute approximate surface area is 118 Å². The Morgan fingerprint density at radius 1 is 1.42 bits per heavy atom. The molecule has 0 saturated carbocycles. The first-order valence-electron chi connectivity index (χ1n) is 6.67. The summed E-state index contributed by atoms with van der Waals surface area (Å²) in [6.45, 7) is 6.78. The zero-order valence-electron chi connectivity index (χ0n) is 11.8. The number of urea groups is 1. The standard InChI is InChI=1S/C13H23N3O2S/c1-4-10(5-2)12(17)8-16-13(18)15-7-11-6-14-9(3)19-11/h6,10,12,17H,4-5,7-8H2,1-3H3,(H2,15,16,18). The van der Waals surface area contributed by atoms with E-state index in [2.05, 4.69) is 15.6 Å². The summed E-state index contributed by atoms with van der Waals surface area (Å²) in [5.74, 6) is 0.240. The number of amides is 2. The summed E-state index contributed by atoms with van der Waals surface area (Å²) >= 11 is 1.56. The normalized spacial score (nSPS) is 12.5. The van der Waals surface area contributed by atoms with Crippen LogP contribution in [0.3, 0.4) is 0 Å². The van der Waals surface area contributed by atoms with Crippen LogP contribution < -0.4 is 10.6 Å². The molecule has 0 spiro atoms.